The molecule has 1 aromatic rings. The SMILES string of the molecule is Cc1cc(C2CCCCC2)nc(=O)[nH]1. The Balaban J connectivity index is 2.26. The van der Waals surface area contributed by atoms with Crippen molar-refractivity contribution in [2.24, 2.45) is 0 Å². The number of aromatic amines is 1. The van der Waals surface area contributed by atoms with E-state index in [1.165, 1.54) is 32.1 Å². The molecular formula is C11H16N2O. The van der Waals surface area contributed by atoms with Gasteiger partial charge in [-0.15, -0.1) is 0 Å². The summed E-state index contributed by atoms with van der Waals surface area (Å²) in [5.74, 6) is 0.518. The first kappa shape index (κ1) is 9.44. The van der Waals surface area contributed by atoms with Gasteiger partial charge in [0.15, 0.2) is 0 Å². The normalized spacial score (nSPS) is 18.4. The summed E-state index contributed by atoms with van der Waals surface area (Å²) in [6, 6.07) is 2.01. The average molecular weight is 192 g/mol. The van der Waals surface area contributed by atoms with E-state index in [4.69, 9.17) is 0 Å². The first-order chi connectivity index (χ1) is 6.75. The Kier molecular flexibility index (Phi) is 2.66. The van der Waals surface area contributed by atoms with Crippen LogP contribution < -0.4 is 5.69 Å². The smallest absolute Gasteiger partial charge is 0.310 e. The van der Waals surface area contributed by atoms with Crippen LogP contribution in [0.5, 0.6) is 0 Å². The number of rotatable bonds is 1. The lowest BCUT2D eigenvalue weighted by Crippen LogP contribution is -2.17. The van der Waals surface area contributed by atoms with Crippen LogP contribution in [0.1, 0.15) is 49.4 Å². The molecule has 14 heavy (non-hydrogen) atoms. The lowest BCUT2D eigenvalue weighted by atomic mass is 9.87. The Bertz CT molecular complexity index is 364. The fourth-order valence-electron chi connectivity index (χ4n) is 2.21. The van der Waals surface area contributed by atoms with Gasteiger partial charge in [0.1, 0.15) is 0 Å². The number of hydrogen-bond donors (Lipinski definition) is 1. The molecule has 3 heteroatoms. The molecule has 76 valence electrons. The number of nitrogens with one attached hydrogen (secondary N) is 1. The van der Waals surface area contributed by atoms with E-state index < -0.39 is 0 Å². The minimum atomic E-state index is -0.203. The van der Waals surface area contributed by atoms with E-state index in [2.05, 4.69) is 9.97 Å². The summed E-state index contributed by atoms with van der Waals surface area (Å²) in [6.45, 7) is 1.91. The number of H-pyrrole nitrogens is 1. The van der Waals surface area contributed by atoms with Gasteiger partial charge in [-0.05, 0) is 25.8 Å². The molecule has 1 aliphatic carbocycles. The second-order valence-electron chi connectivity index (χ2n) is 4.13. The zero-order valence-corrected chi connectivity index (χ0v) is 8.55. The lowest BCUT2D eigenvalue weighted by Gasteiger charge is -2.20. The highest BCUT2D eigenvalue weighted by molar-refractivity contribution is 5.12. The van der Waals surface area contributed by atoms with Crippen LogP contribution in [0.2, 0.25) is 0 Å². The molecule has 0 aliphatic heterocycles. The van der Waals surface area contributed by atoms with E-state index >= 15 is 0 Å². The van der Waals surface area contributed by atoms with Crippen LogP contribution in [0.4, 0.5) is 0 Å². The number of nitrogens with zero attached hydrogens (tertiary/aromatic N) is 1. The number of hydrogen-bond acceptors (Lipinski definition) is 2. The summed E-state index contributed by atoms with van der Waals surface area (Å²) in [6.07, 6.45) is 6.26. The van der Waals surface area contributed by atoms with Gasteiger partial charge in [0.25, 0.3) is 0 Å². The second kappa shape index (κ2) is 3.95. The molecule has 1 saturated carbocycles. The van der Waals surface area contributed by atoms with Gasteiger partial charge in [0.2, 0.25) is 0 Å². The quantitative estimate of drug-likeness (QED) is 0.740. The Hall–Kier alpha value is -1.12. The second-order valence-corrected chi connectivity index (χ2v) is 4.13. The van der Waals surface area contributed by atoms with Crippen molar-refractivity contribution in [3.8, 4) is 0 Å². The predicted octanol–water partition coefficient (Wildman–Crippen LogP) is 2.13. The highest BCUT2D eigenvalue weighted by Gasteiger charge is 2.17. The van der Waals surface area contributed by atoms with E-state index in [0.717, 1.165) is 11.4 Å². The highest BCUT2D eigenvalue weighted by atomic mass is 16.1. The maximum atomic E-state index is 11.2. The van der Waals surface area contributed by atoms with Gasteiger partial charge < -0.3 is 4.98 Å². The van der Waals surface area contributed by atoms with Crippen molar-refractivity contribution in [3.63, 3.8) is 0 Å². The van der Waals surface area contributed by atoms with Crippen LogP contribution in [-0.2, 0) is 0 Å². The first-order valence-electron chi connectivity index (χ1n) is 5.33. The molecule has 1 aliphatic rings. The van der Waals surface area contributed by atoms with E-state index in [0.29, 0.717) is 5.92 Å². The third-order valence-corrected chi connectivity index (χ3v) is 2.92. The Morgan fingerprint density at radius 2 is 2.07 bits per heavy atom. The monoisotopic (exact) mass is 192 g/mol. The summed E-state index contributed by atoms with van der Waals surface area (Å²) in [7, 11) is 0. The van der Waals surface area contributed by atoms with Gasteiger partial charge in [-0.3, -0.25) is 0 Å². The van der Waals surface area contributed by atoms with Crippen LogP contribution in [-0.4, -0.2) is 9.97 Å². The number of aryl methyl sites for hydroxylation is 1. The summed E-state index contributed by atoms with van der Waals surface area (Å²) in [5.41, 5.74) is 1.71. The van der Waals surface area contributed by atoms with E-state index in [-0.39, 0.29) is 5.69 Å². The van der Waals surface area contributed by atoms with Gasteiger partial charge in [0, 0.05) is 11.6 Å². The average Bonchev–Trinajstić information content (AvgIpc) is 2.18. The van der Waals surface area contributed by atoms with E-state index in [1.54, 1.807) is 0 Å². The molecule has 3 nitrogen and oxygen atoms in total. The van der Waals surface area contributed by atoms with E-state index in [9.17, 15) is 4.79 Å². The third kappa shape index (κ3) is 2.03. The zero-order valence-electron chi connectivity index (χ0n) is 8.55. The highest BCUT2D eigenvalue weighted by Crippen LogP contribution is 2.30. The van der Waals surface area contributed by atoms with Crippen molar-refractivity contribution < 1.29 is 0 Å². The van der Waals surface area contributed by atoms with Gasteiger partial charge in [-0.25, -0.2) is 4.79 Å². The van der Waals surface area contributed by atoms with Crippen LogP contribution >= 0.6 is 0 Å². The molecule has 1 fully saturated rings. The summed E-state index contributed by atoms with van der Waals surface area (Å²) in [4.78, 5) is 17.9. The fourth-order valence-corrected chi connectivity index (χ4v) is 2.21. The molecule has 0 saturated heterocycles. The molecule has 1 N–H and O–H groups in total. The van der Waals surface area contributed by atoms with Crippen molar-refractivity contribution >= 4 is 0 Å². The lowest BCUT2D eigenvalue weighted by molar-refractivity contribution is 0.435. The standard InChI is InChI=1S/C11H16N2O/c1-8-7-10(13-11(14)12-8)9-5-3-2-4-6-9/h7,9H,2-6H2,1H3,(H,12,13,14). The zero-order chi connectivity index (χ0) is 9.97. The summed E-state index contributed by atoms with van der Waals surface area (Å²) < 4.78 is 0. The van der Waals surface area contributed by atoms with Crippen molar-refractivity contribution in [3.05, 3.63) is 27.9 Å². The van der Waals surface area contributed by atoms with Gasteiger partial charge in [-0.2, -0.15) is 4.98 Å². The molecule has 2 rings (SSSR count). The maximum Gasteiger partial charge on any atom is 0.345 e. The molecule has 1 heterocycles. The minimum Gasteiger partial charge on any atom is -0.310 e. The van der Waals surface area contributed by atoms with E-state index in [1.807, 2.05) is 13.0 Å². The first-order valence-corrected chi connectivity index (χ1v) is 5.33. The maximum absolute atomic E-state index is 11.2. The minimum absolute atomic E-state index is 0.203. The largest absolute Gasteiger partial charge is 0.345 e. The van der Waals surface area contributed by atoms with Crippen molar-refractivity contribution in [1.29, 1.82) is 0 Å². The van der Waals surface area contributed by atoms with Crippen LogP contribution in [0.15, 0.2) is 10.9 Å². The third-order valence-electron chi connectivity index (χ3n) is 2.92. The van der Waals surface area contributed by atoms with Gasteiger partial charge in [-0.1, -0.05) is 19.3 Å². The van der Waals surface area contributed by atoms with Crippen molar-refractivity contribution in [2.45, 2.75) is 44.9 Å². The topological polar surface area (TPSA) is 45.8 Å². The summed E-state index contributed by atoms with van der Waals surface area (Å²) >= 11 is 0. The molecule has 0 unspecified atom stereocenters. The molecule has 0 aromatic carbocycles. The van der Waals surface area contributed by atoms with Crippen LogP contribution in [0.25, 0.3) is 0 Å². The van der Waals surface area contributed by atoms with Crippen LogP contribution in [0, 0.1) is 6.92 Å². The molecule has 1 aromatic heterocycles. The Morgan fingerprint density at radius 3 is 2.71 bits per heavy atom. The summed E-state index contributed by atoms with van der Waals surface area (Å²) in [5, 5.41) is 0. The molecular weight excluding hydrogens is 176 g/mol. The van der Waals surface area contributed by atoms with Crippen LogP contribution in [0.3, 0.4) is 0 Å². The van der Waals surface area contributed by atoms with Crippen molar-refractivity contribution in [1.82, 2.24) is 9.97 Å². The molecule has 0 spiro atoms. The number of aromatic nitrogens is 2. The predicted molar refractivity (Wildman–Crippen MR) is 55.4 cm³/mol. The molecule has 0 amide bonds. The fraction of sp³-hybridized carbons (Fsp3) is 0.636. The van der Waals surface area contributed by atoms with Gasteiger partial charge >= 0.3 is 5.69 Å². The Morgan fingerprint density at radius 1 is 1.36 bits per heavy atom. The molecule has 0 atom stereocenters. The molecule has 0 bridgehead atoms. The van der Waals surface area contributed by atoms with Gasteiger partial charge in [0.05, 0.1) is 5.69 Å². The van der Waals surface area contributed by atoms with Crippen molar-refractivity contribution in [2.75, 3.05) is 0 Å². The molecule has 0 radical (unpaired) electrons. The Labute approximate surface area is 83.6 Å².